The number of rotatable bonds is 5. The molecule has 1 amide bonds. The van der Waals surface area contributed by atoms with E-state index < -0.39 is 0 Å². The summed E-state index contributed by atoms with van der Waals surface area (Å²) in [6.45, 7) is 2.62. The normalized spacial score (nSPS) is 14.2. The molecule has 0 aliphatic heterocycles. The van der Waals surface area contributed by atoms with E-state index in [1.54, 1.807) is 6.92 Å². The maximum Gasteiger partial charge on any atom is 0.293 e. The smallest absolute Gasteiger partial charge is 0.293 e. The van der Waals surface area contributed by atoms with Crippen LogP contribution in [0.5, 0.6) is 0 Å². The van der Waals surface area contributed by atoms with E-state index in [0.29, 0.717) is 11.7 Å². The summed E-state index contributed by atoms with van der Waals surface area (Å²) >= 11 is 0. The van der Waals surface area contributed by atoms with Crippen molar-refractivity contribution in [3.8, 4) is 0 Å². The van der Waals surface area contributed by atoms with Crippen molar-refractivity contribution in [3.63, 3.8) is 0 Å². The summed E-state index contributed by atoms with van der Waals surface area (Å²) in [5.41, 5.74) is 2.56. The van der Waals surface area contributed by atoms with Crippen molar-refractivity contribution in [2.24, 2.45) is 0 Å². The molecule has 1 saturated carbocycles. The average molecular weight is 271 g/mol. The predicted molar refractivity (Wildman–Crippen MR) is 75.5 cm³/mol. The summed E-state index contributed by atoms with van der Waals surface area (Å²) in [5.74, 6) is -0.0201. The number of hydrogen-bond donors (Lipinski definition) is 2. The number of amides is 1. The predicted octanol–water partition coefficient (Wildman–Crippen LogP) is 2.49. The molecule has 1 aliphatic carbocycles. The first kappa shape index (κ1) is 12.9. The zero-order chi connectivity index (χ0) is 13.9. The number of aryl methyl sites for hydroxylation is 1. The van der Waals surface area contributed by atoms with Gasteiger partial charge < -0.3 is 15.1 Å². The van der Waals surface area contributed by atoms with Crippen molar-refractivity contribution in [3.05, 3.63) is 47.7 Å². The highest BCUT2D eigenvalue weighted by molar-refractivity contribution is 6.02. The van der Waals surface area contributed by atoms with Gasteiger partial charge in [-0.3, -0.25) is 4.79 Å². The van der Waals surface area contributed by atoms with Gasteiger partial charge in [0.05, 0.1) is 5.69 Å². The Morgan fingerprint density at radius 1 is 1.35 bits per heavy atom. The number of hydrogen-bond acceptors (Lipinski definition) is 4. The lowest BCUT2D eigenvalue weighted by atomic mass is 10.2. The molecule has 2 aromatic rings. The molecule has 104 valence electrons. The Morgan fingerprint density at radius 2 is 2.10 bits per heavy atom. The fourth-order valence-corrected chi connectivity index (χ4v) is 1.96. The van der Waals surface area contributed by atoms with Gasteiger partial charge >= 0.3 is 0 Å². The number of oxazole rings is 1. The highest BCUT2D eigenvalue weighted by Crippen LogP contribution is 2.19. The molecule has 20 heavy (non-hydrogen) atoms. The fraction of sp³-hybridized carbons (Fsp3) is 0.333. The van der Waals surface area contributed by atoms with Crippen LogP contribution < -0.4 is 10.6 Å². The minimum absolute atomic E-state index is 0.254. The zero-order valence-electron chi connectivity index (χ0n) is 11.3. The third-order valence-electron chi connectivity index (χ3n) is 3.34. The van der Waals surface area contributed by atoms with Gasteiger partial charge in [-0.2, -0.15) is 0 Å². The second-order valence-electron chi connectivity index (χ2n) is 5.07. The molecule has 2 N–H and O–H groups in total. The van der Waals surface area contributed by atoms with Crippen LogP contribution in [0.2, 0.25) is 0 Å². The maximum absolute atomic E-state index is 11.9. The molecule has 0 spiro atoms. The van der Waals surface area contributed by atoms with Crippen LogP contribution >= 0.6 is 0 Å². The van der Waals surface area contributed by atoms with Gasteiger partial charge in [0.1, 0.15) is 0 Å². The molecule has 0 bridgehead atoms. The molecule has 1 heterocycles. The largest absolute Gasteiger partial charge is 0.438 e. The second kappa shape index (κ2) is 5.46. The topological polar surface area (TPSA) is 67.2 Å². The van der Waals surface area contributed by atoms with Crippen LogP contribution in [0.4, 0.5) is 5.69 Å². The quantitative estimate of drug-likeness (QED) is 0.876. The molecule has 0 atom stereocenters. The van der Waals surface area contributed by atoms with Gasteiger partial charge in [0.15, 0.2) is 6.39 Å². The van der Waals surface area contributed by atoms with Crippen molar-refractivity contribution in [2.75, 3.05) is 5.32 Å². The van der Waals surface area contributed by atoms with Crippen LogP contribution in [0.25, 0.3) is 0 Å². The Labute approximate surface area is 117 Å². The monoisotopic (exact) mass is 271 g/mol. The third kappa shape index (κ3) is 3.05. The number of carbonyl (C=O) groups excluding carboxylic acids is 1. The van der Waals surface area contributed by atoms with Crippen LogP contribution in [-0.4, -0.2) is 16.9 Å². The highest BCUT2D eigenvalue weighted by Gasteiger charge is 2.19. The Bertz CT molecular complexity index is 600. The summed E-state index contributed by atoms with van der Waals surface area (Å²) in [4.78, 5) is 15.9. The molecular weight excluding hydrogens is 254 g/mol. The van der Waals surface area contributed by atoms with E-state index in [2.05, 4.69) is 15.6 Å². The van der Waals surface area contributed by atoms with E-state index in [1.165, 1.54) is 24.8 Å². The van der Waals surface area contributed by atoms with E-state index >= 15 is 0 Å². The van der Waals surface area contributed by atoms with Gasteiger partial charge in [0, 0.05) is 18.3 Å². The number of benzene rings is 1. The number of carbonyl (C=O) groups is 1. The summed E-state index contributed by atoms with van der Waals surface area (Å²) < 4.78 is 5.06. The number of anilines is 1. The molecule has 1 aliphatic rings. The minimum Gasteiger partial charge on any atom is -0.438 e. The van der Waals surface area contributed by atoms with E-state index in [0.717, 1.165) is 12.2 Å². The molecular formula is C15H17N3O2. The van der Waals surface area contributed by atoms with Crippen molar-refractivity contribution >= 4 is 11.6 Å². The van der Waals surface area contributed by atoms with Crippen LogP contribution in [0.1, 0.15) is 34.7 Å². The zero-order valence-corrected chi connectivity index (χ0v) is 11.3. The lowest BCUT2D eigenvalue weighted by molar-refractivity contribution is 0.0996. The first-order chi connectivity index (χ1) is 9.72. The first-order valence-electron chi connectivity index (χ1n) is 6.76. The van der Waals surface area contributed by atoms with Crippen LogP contribution in [0.3, 0.4) is 0 Å². The van der Waals surface area contributed by atoms with E-state index in [4.69, 9.17) is 4.42 Å². The molecule has 5 nitrogen and oxygen atoms in total. The maximum atomic E-state index is 11.9. The Balaban J connectivity index is 1.59. The molecule has 5 heteroatoms. The van der Waals surface area contributed by atoms with Crippen LogP contribution in [-0.2, 0) is 6.54 Å². The standard InChI is InChI=1S/C15H17N3O2/c1-10-14(20-9-17-10)15(19)18-13-4-2-11(3-5-13)8-16-12-6-7-12/h2-5,9,12,16H,6-8H2,1H3,(H,18,19). The number of aromatic nitrogens is 1. The Hall–Kier alpha value is -2.14. The van der Waals surface area contributed by atoms with Gasteiger partial charge in [0.2, 0.25) is 5.76 Å². The lowest BCUT2D eigenvalue weighted by Gasteiger charge is -2.06. The van der Waals surface area contributed by atoms with E-state index in [9.17, 15) is 4.79 Å². The van der Waals surface area contributed by atoms with Crippen molar-refractivity contribution in [1.82, 2.24) is 10.3 Å². The third-order valence-corrected chi connectivity index (χ3v) is 3.34. The Morgan fingerprint density at radius 3 is 2.70 bits per heavy atom. The number of nitrogens with zero attached hydrogens (tertiary/aromatic N) is 1. The molecule has 1 aromatic heterocycles. The van der Waals surface area contributed by atoms with Crippen molar-refractivity contribution in [1.29, 1.82) is 0 Å². The van der Waals surface area contributed by atoms with Gasteiger partial charge in [0.25, 0.3) is 5.91 Å². The molecule has 0 saturated heterocycles. The van der Waals surface area contributed by atoms with Gasteiger partial charge in [-0.05, 0) is 37.5 Å². The van der Waals surface area contributed by atoms with Gasteiger partial charge in [-0.25, -0.2) is 4.98 Å². The lowest BCUT2D eigenvalue weighted by Crippen LogP contribution is -2.15. The van der Waals surface area contributed by atoms with Gasteiger partial charge in [-0.15, -0.1) is 0 Å². The van der Waals surface area contributed by atoms with Crippen molar-refractivity contribution in [2.45, 2.75) is 32.4 Å². The second-order valence-corrected chi connectivity index (χ2v) is 5.07. The molecule has 0 unspecified atom stereocenters. The summed E-state index contributed by atoms with van der Waals surface area (Å²) in [7, 11) is 0. The number of nitrogens with one attached hydrogen (secondary N) is 2. The van der Waals surface area contributed by atoms with E-state index in [1.807, 2.05) is 24.3 Å². The highest BCUT2D eigenvalue weighted by atomic mass is 16.3. The molecule has 1 fully saturated rings. The summed E-state index contributed by atoms with van der Waals surface area (Å²) in [5, 5.41) is 6.25. The van der Waals surface area contributed by atoms with E-state index in [-0.39, 0.29) is 11.7 Å². The summed E-state index contributed by atoms with van der Waals surface area (Å²) in [6, 6.07) is 8.51. The van der Waals surface area contributed by atoms with Crippen molar-refractivity contribution < 1.29 is 9.21 Å². The van der Waals surface area contributed by atoms with Gasteiger partial charge in [-0.1, -0.05) is 12.1 Å². The van der Waals surface area contributed by atoms with Crippen LogP contribution in [0, 0.1) is 6.92 Å². The Kier molecular flexibility index (Phi) is 3.52. The first-order valence-corrected chi connectivity index (χ1v) is 6.76. The average Bonchev–Trinajstić information content (AvgIpc) is 3.18. The minimum atomic E-state index is -0.274. The molecule has 3 rings (SSSR count). The molecule has 0 radical (unpaired) electrons. The molecule has 1 aromatic carbocycles. The summed E-state index contributed by atoms with van der Waals surface area (Å²) in [6.07, 6.45) is 3.84. The SMILES string of the molecule is Cc1ncoc1C(=O)Nc1ccc(CNC2CC2)cc1. The fourth-order valence-electron chi connectivity index (χ4n) is 1.96. The van der Waals surface area contributed by atoms with Crippen LogP contribution in [0.15, 0.2) is 35.1 Å².